The van der Waals surface area contributed by atoms with Gasteiger partial charge in [-0.2, -0.15) is 0 Å². The van der Waals surface area contributed by atoms with E-state index in [4.69, 9.17) is 4.98 Å². The number of fused-ring (bicyclic) bond motifs is 2. The van der Waals surface area contributed by atoms with Crippen LogP contribution >= 0.6 is 11.3 Å². The molecule has 0 radical (unpaired) electrons. The van der Waals surface area contributed by atoms with Crippen LogP contribution in [-0.4, -0.2) is 9.97 Å². The molecule has 0 spiro atoms. The zero-order valence-electron chi connectivity index (χ0n) is 24.4. The van der Waals surface area contributed by atoms with Gasteiger partial charge in [0, 0.05) is 33.4 Å². The van der Waals surface area contributed by atoms with E-state index >= 15 is 0 Å². The summed E-state index contributed by atoms with van der Waals surface area (Å²) in [7, 11) is 0. The van der Waals surface area contributed by atoms with Crippen molar-refractivity contribution in [1.82, 2.24) is 9.97 Å². The predicted molar refractivity (Wildman–Crippen MR) is 171 cm³/mol. The fourth-order valence-electron chi connectivity index (χ4n) is 5.20. The number of rotatable bonds is 4. The predicted octanol–water partition coefficient (Wildman–Crippen LogP) is 10.3. The van der Waals surface area contributed by atoms with Crippen LogP contribution in [0.3, 0.4) is 0 Å². The van der Waals surface area contributed by atoms with Crippen molar-refractivity contribution >= 4 is 32.2 Å². The number of aromatic nitrogens is 2. The van der Waals surface area contributed by atoms with Gasteiger partial charge in [0.05, 0.1) is 0 Å². The third kappa shape index (κ3) is 6.22. The number of benzene rings is 3. The number of nitrogens with zero attached hydrogens (tertiary/aromatic N) is 2. The first-order valence-electron chi connectivity index (χ1n) is 13.9. The van der Waals surface area contributed by atoms with Crippen molar-refractivity contribution in [3.05, 3.63) is 108 Å². The van der Waals surface area contributed by atoms with E-state index in [9.17, 15) is 0 Å². The topological polar surface area (TPSA) is 25.8 Å². The summed E-state index contributed by atoms with van der Waals surface area (Å²) in [6.45, 7) is 13.6. The number of pyridine rings is 2. The summed E-state index contributed by atoms with van der Waals surface area (Å²) in [5.74, 6) is 0. The van der Waals surface area contributed by atoms with Gasteiger partial charge in [-0.3, -0.25) is 9.97 Å². The van der Waals surface area contributed by atoms with Crippen molar-refractivity contribution in [2.75, 3.05) is 0 Å². The molecule has 41 heavy (non-hydrogen) atoms. The van der Waals surface area contributed by atoms with E-state index in [0.29, 0.717) is 0 Å². The number of thiophene rings is 1. The van der Waals surface area contributed by atoms with Gasteiger partial charge >= 0.3 is 21.1 Å². The fraction of sp³-hybridized carbons (Fsp3) is 0.243. The Morgan fingerprint density at radius 3 is 2.24 bits per heavy atom. The molecule has 2 nitrogen and oxygen atoms in total. The van der Waals surface area contributed by atoms with Gasteiger partial charge in [0.1, 0.15) is 0 Å². The first-order valence-corrected chi connectivity index (χ1v) is 14.7. The van der Waals surface area contributed by atoms with Crippen molar-refractivity contribution in [3.63, 3.8) is 0 Å². The SMILES string of the molecule is CC(C)(C)Cc1cc2ccnc(-c3[c-]c4c(-c5[c-]c(-c6cc(C(C)(C)C)ccn6)ccc5)cccc4cc3)c2s1.[Pt+2]. The Morgan fingerprint density at radius 2 is 1.46 bits per heavy atom. The Labute approximate surface area is 262 Å². The minimum Gasteiger partial charge on any atom is -0.295 e. The standard InChI is InChI=1S/C37H34N2S.Pt/c1-36(2,3)23-30-20-28-15-17-39-34(35(28)40-30)27-14-13-24-9-8-12-31(32(24)21-27)25-10-7-11-26(19-25)33-22-29(16-18-38-33)37(4,5)6;/h7-18,20,22H,23H2,1-6H3;/q-2;+2. The minimum absolute atomic E-state index is 0. The molecule has 3 heterocycles. The van der Waals surface area contributed by atoms with Gasteiger partial charge in [0.15, 0.2) is 0 Å². The molecule has 0 atom stereocenters. The molecule has 6 rings (SSSR count). The molecule has 0 unspecified atom stereocenters. The van der Waals surface area contributed by atoms with E-state index in [2.05, 4.69) is 131 Å². The minimum atomic E-state index is 0. The molecule has 0 N–H and O–H groups in total. The molecule has 3 aromatic heterocycles. The van der Waals surface area contributed by atoms with E-state index in [-0.39, 0.29) is 31.9 Å². The van der Waals surface area contributed by atoms with E-state index in [1.807, 2.05) is 23.7 Å². The first kappa shape index (κ1) is 29.4. The molecule has 0 fully saturated rings. The maximum absolute atomic E-state index is 4.84. The summed E-state index contributed by atoms with van der Waals surface area (Å²) in [4.78, 5) is 10.9. The van der Waals surface area contributed by atoms with E-state index in [0.717, 1.165) is 50.8 Å². The Balaban J connectivity index is 0.00000337. The molecule has 4 heteroatoms. The van der Waals surface area contributed by atoms with Gasteiger partial charge in [-0.25, -0.2) is 0 Å². The molecule has 0 bridgehead atoms. The second kappa shape index (κ2) is 11.3. The van der Waals surface area contributed by atoms with Gasteiger partial charge in [0.25, 0.3) is 0 Å². The Hall–Kier alpha value is -3.13. The summed E-state index contributed by atoms with van der Waals surface area (Å²) in [6, 6.07) is 33.2. The monoisotopic (exact) mass is 733 g/mol. The molecular weight excluding hydrogens is 700 g/mol. The van der Waals surface area contributed by atoms with Crippen LogP contribution in [0, 0.1) is 17.5 Å². The third-order valence-electron chi connectivity index (χ3n) is 7.22. The molecule has 0 saturated carbocycles. The normalized spacial score (nSPS) is 12.0. The van der Waals surface area contributed by atoms with E-state index in [1.165, 1.54) is 20.5 Å². The summed E-state index contributed by atoms with van der Waals surface area (Å²) in [5, 5.41) is 3.48. The summed E-state index contributed by atoms with van der Waals surface area (Å²) in [5.41, 5.74) is 7.67. The second-order valence-corrected chi connectivity index (χ2v) is 14.0. The van der Waals surface area contributed by atoms with Crippen LogP contribution in [0.15, 0.2) is 85.2 Å². The van der Waals surface area contributed by atoms with Crippen LogP contribution in [-0.2, 0) is 32.9 Å². The van der Waals surface area contributed by atoms with Gasteiger partial charge in [-0.15, -0.1) is 64.8 Å². The first-order chi connectivity index (χ1) is 19.0. The maximum atomic E-state index is 4.84. The van der Waals surface area contributed by atoms with Crippen molar-refractivity contribution in [3.8, 4) is 33.6 Å². The maximum Gasteiger partial charge on any atom is 2.00 e. The average molecular weight is 734 g/mol. The van der Waals surface area contributed by atoms with Crippen LogP contribution in [0.1, 0.15) is 52.0 Å². The molecule has 0 amide bonds. The van der Waals surface area contributed by atoms with Crippen molar-refractivity contribution in [2.24, 2.45) is 5.41 Å². The van der Waals surface area contributed by atoms with Crippen LogP contribution in [0.2, 0.25) is 0 Å². The molecular formula is C37H34N2PtS. The van der Waals surface area contributed by atoms with Crippen molar-refractivity contribution in [2.45, 2.75) is 53.4 Å². The average Bonchev–Trinajstić information content (AvgIpc) is 3.33. The largest absolute Gasteiger partial charge is 2.00 e. The molecule has 0 saturated heterocycles. The van der Waals surface area contributed by atoms with Gasteiger partial charge in [-0.05, 0) is 46.4 Å². The third-order valence-corrected chi connectivity index (χ3v) is 8.37. The zero-order valence-corrected chi connectivity index (χ0v) is 27.5. The quantitative estimate of drug-likeness (QED) is 0.169. The second-order valence-electron chi connectivity index (χ2n) is 12.8. The summed E-state index contributed by atoms with van der Waals surface area (Å²) in [6.07, 6.45) is 4.88. The van der Waals surface area contributed by atoms with Crippen LogP contribution in [0.5, 0.6) is 0 Å². The van der Waals surface area contributed by atoms with Gasteiger partial charge in [0.2, 0.25) is 0 Å². The van der Waals surface area contributed by atoms with Crippen LogP contribution in [0.25, 0.3) is 54.5 Å². The smallest absolute Gasteiger partial charge is 0.295 e. The molecule has 0 aliphatic rings. The fourth-order valence-corrected chi connectivity index (χ4v) is 6.66. The zero-order chi connectivity index (χ0) is 28.1. The van der Waals surface area contributed by atoms with Crippen LogP contribution in [0.4, 0.5) is 0 Å². The van der Waals surface area contributed by atoms with E-state index < -0.39 is 0 Å². The molecule has 0 aliphatic carbocycles. The van der Waals surface area contributed by atoms with Crippen LogP contribution < -0.4 is 0 Å². The summed E-state index contributed by atoms with van der Waals surface area (Å²) >= 11 is 1.86. The van der Waals surface area contributed by atoms with Crippen molar-refractivity contribution in [1.29, 1.82) is 0 Å². The molecule has 6 aromatic rings. The van der Waals surface area contributed by atoms with Gasteiger partial charge in [-0.1, -0.05) is 87.9 Å². The Morgan fingerprint density at radius 1 is 0.707 bits per heavy atom. The van der Waals surface area contributed by atoms with Gasteiger partial charge < -0.3 is 0 Å². The molecule has 3 aromatic carbocycles. The number of hydrogen-bond donors (Lipinski definition) is 0. The Bertz CT molecular complexity index is 1850. The Kier molecular flexibility index (Phi) is 8.07. The molecule has 208 valence electrons. The number of hydrogen-bond acceptors (Lipinski definition) is 3. The van der Waals surface area contributed by atoms with E-state index in [1.54, 1.807) is 0 Å². The summed E-state index contributed by atoms with van der Waals surface area (Å²) < 4.78 is 1.23. The van der Waals surface area contributed by atoms with Crippen molar-refractivity contribution < 1.29 is 21.1 Å². The molecule has 0 aliphatic heterocycles.